The molecule has 0 aliphatic carbocycles. The van der Waals surface area contributed by atoms with Crippen molar-refractivity contribution in [3.8, 4) is 6.07 Å². The van der Waals surface area contributed by atoms with Crippen molar-refractivity contribution in [1.82, 2.24) is 19.5 Å². The van der Waals surface area contributed by atoms with Crippen LogP contribution < -0.4 is 5.73 Å². The van der Waals surface area contributed by atoms with Crippen molar-refractivity contribution >= 4 is 17.0 Å². The molecule has 1 aliphatic rings. The first kappa shape index (κ1) is 13.6. The Morgan fingerprint density at radius 2 is 2.38 bits per heavy atom. The van der Waals surface area contributed by atoms with Gasteiger partial charge in [-0.1, -0.05) is 0 Å². The number of nitrogen functional groups attached to an aromatic ring is 1. The standard InChI is InChI=1S/C11H11FN6O3/c12-10-16-8(14)7-9(17-10)18(4-15-7)6-1-5(20)11(2-13,3-19)21-6/h4-6,19-20H,1,3H2,(H2,14,16,17)/t5-,6-,11?/m0/s1. The van der Waals surface area contributed by atoms with Crippen molar-refractivity contribution in [3.63, 3.8) is 0 Å². The molecule has 1 fully saturated rings. The molecule has 2 aromatic rings. The van der Waals surface area contributed by atoms with Crippen molar-refractivity contribution in [2.45, 2.75) is 24.4 Å². The number of aliphatic hydroxyl groups is 2. The van der Waals surface area contributed by atoms with E-state index in [1.165, 1.54) is 10.9 Å². The molecule has 1 saturated heterocycles. The molecule has 0 spiro atoms. The first-order chi connectivity index (χ1) is 10.0. The molecule has 0 saturated carbocycles. The van der Waals surface area contributed by atoms with Crippen LogP contribution in [0.4, 0.5) is 10.2 Å². The molecule has 21 heavy (non-hydrogen) atoms. The Hall–Kier alpha value is -2.35. The van der Waals surface area contributed by atoms with Gasteiger partial charge in [0, 0.05) is 6.42 Å². The number of imidazole rings is 1. The summed E-state index contributed by atoms with van der Waals surface area (Å²) in [6.07, 6.45) is -1.72. The molecule has 10 heteroatoms. The molecule has 3 heterocycles. The van der Waals surface area contributed by atoms with E-state index in [1.54, 1.807) is 6.07 Å². The van der Waals surface area contributed by atoms with Gasteiger partial charge in [0.25, 0.3) is 0 Å². The van der Waals surface area contributed by atoms with Crippen LogP contribution in [0, 0.1) is 17.4 Å². The Morgan fingerprint density at radius 1 is 1.62 bits per heavy atom. The van der Waals surface area contributed by atoms with Gasteiger partial charge < -0.3 is 20.7 Å². The molecule has 0 aromatic carbocycles. The van der Waals surface area contributed by atoms with E-state index in [4.69, 9.17) is 15.7 Å². The van der Waals surface area contributed by atoms with E-state index in [9.17, 15) is 14.6 Å². The largest absolute Gasteiger partial charge is 0.392 e. The monoisotopic (exact) mass is 294 g/mol. The first-order valence-corrected chi connectivity index (χ1v) is 6.04. The van der Waals surface area contributed by atoms with Crippen LogP contribution in [0.5, 0.6) is 0 Å². The highest BCUT2D eigenvalue weighted by molar-refractivity contribution is 5.81. The number of nitrogens with two attached hydrogens (primary N) is 1. The van der Waals surface area contributed by atoms with Crippen molar-refractivity contribution in [1.29, 1.82) is 5.26 Å². The zero-order valence-corrected chi connectivity index (χ0v) is 10.6. The summed E-state index contributed by atoms with van der Waals surface area (Å²) in [5.74, 6) is -0.122. The third-order valence-corrected chi connectivity index (χ3v) is 3.47. The predicted molar refractivity (Wildman–Crippen MR) is 65.9 cm³/mol. The lowest BCUT2D eigenvalue weighted by molar-refractivity contribution is -0.0904. The highest BCUT2D eigenvalue weighted by Gasteiger charge is 2.49. The smallest absolute Gasteiger partial charge is 0.312 e. The van der Waals surface area contributed by atoms with Crippen LogP contribution in [0.2, 0.25) is 0 Å². The topological polar surface area (TPSA) is 143 Å². The Kier molecular flexibility index (Phi) is 2.98. The number of aliphatic hydroxyl groups excluding tert-OH is 2. The SMILES string of the molecule is N#CC1(CO)O[C@H](n2cnc3c(N)nc(F)nc32)C[C@@H]1O. The molecule has 3 atom stereocenters. The second-order valence-corrected chi connectivity index (χ2v) is 4.69. The van der Waals surface area contributed by atoms with Gasteiger partial charge in [0.15, 0.2) is 17.0 Å². The highest BCUT2D eigenvalue weighted by atomic mass is 19.1. The third-order valence-electron chi connectivity index (χ3n) is 3.47. The quantitative estimate of drug-likeness (QED) is 0.603. The first-order valence-electron chi connectivity index (χ1n) is 6.04. The third kappa shape index (κ3) is 1.90. The Labute approximate surface area is 117 Å². The van der Waals surface area contributed by atoms with E-state index in [1.807, 2.05) is 0 Å². The van der Waals surface area contributed by atoms with Crippen LogP contribution >= 0.6 is 0 Å². The fourth-order valence-corrected chi connectivity index (χ4v) is 2.32. The zero-order valence-electron chi connectivity index (χ0n) is 10.6. The maximum Gasteiger partial charge on any atom is 0.312 e. The van der Waals surface area contributed by atoms with E-state index in [0.717, 1.165) is 0 Å². The fraction of sp³-hybridized carbons (Fsp3) is 0.455. The van der Waals surface area contributed by atoms with Crippen LogP contribution in [0.15, 0.2) is 6.33 Å². The molecule has 3 rings (SSSR count). The number of nitriles is 1. The van der Waals surface area contributed by atoms with Gasteiger partial charge in [0.2, 0.25) is 5.60 Å². The molecular formula is C11H11FN6O3. The Morgan fingerprint density at radius 3 is 3.00 bits per heavy atom. The molecule has 2 aromatic heterocycles. The molecule has 9 nitrogen and oxygen atoms in total. The predicted octanol–water partition coefficient (Wildman–Crippen LogP) is -0.918. The average Bonchev–Trinajstić information content (AvgIpc) is 3.00. The molecular weight excluding hydrogens is 283 g/mol. The van der Waals surface area contributed by atoms with Gasteiger partial charge in [-0.3, -0.25) is 4.57 Å². The van der Waals surface area contributed by atoms with E-state index < -0.39 is 30.6 Å². The number of nitrogens with zero attached hydrogens (tertiary/aromatic N) is 5. The minimum Gasteiger partial charge on any atom is -0.392 e. The van der Waals surface area contributed by atoms with Crippen LogP contribution in [-0.2, 0) is 4.74 Å². The number of ether oxygens (including phenoxy) is 1. The number of anilines is 1. The Balaban J connectivity index is 2.05. The van der Waals surface area contributed by atoms with Crippen LogP contribution in [0.25, 0.3) is 11.2 Å². The second kappa shape index (κ2) is 4.59. The second-order valence-electron chi connectivity index (χ2n) is 4.69. The van der Waals surface area contributed by atoms with E-state index in [0.29, 0.717) is 0 Å². The number of rotatable bonds is 2. The van der Waals surface area contributed by atoms with Crippen molar-refractivity contribution in [3.05, 3.63) is 12.4 Å². The van der Waals surface area contributed by atoms with Gasteiger partial charge >= 0.3 is 6.08 Å². The minimum absolute atomic E-state index is 0.0190. The maximum absolute atomic E-state index is 13.3. The summed E-state index contributed by atoms with van der Waals surface area (Å²) in [5, 5.41) is 28.3. The number of aromatic nitrogens is 4. The molecule has 0 radical (unpaired) electrons. The highest BCUT2D eigenvalue weighted by Crippen LogP contribution is 2.37. The summed E-state index contributed by atoms with van der Waals surface area (Å²) in [4.78, 5) is 10.9. The zero-order chi connectivity index (χ0) is 15.2. The molecule has 4 N–H and O–H groups in total. The molecule has 1 aliphatic heterocycles. The van der Waals surface area contributed by atoms with Crippen molar-refractivity contribution in [2.75, 3.05) is 12.3 Å². The summed E-state index contributed by atoms with van der Waals surface area (Å²) in [6.45, 7) is -0.667. The maximum atomic E-state index is 13.3. The van der Waals surface area contributed by atoms with Crippen LogP contribution in [0.3, 0.4) is 0 Å². The van der Waals surface area contributed by atoms with Crippen molar-refractivity contribution < 1.29 is 19.3 Å². The number of halogens is 1. The summed E-state index contributed by atoms with van der Waals surface area (Å²) in [6, 6.07) is 1.75. The van der Waals surface area contributed by atoms with Crippen LogP contribution in [0.1, 0.15) is 12.6 Å². The van der Waals surface area contributed by atoms with E-state index in [-0.39, 0.29) is 23.4 Å². The van der Waals surface area contributed by atoms with Crippen molar-refractivity contribution in [2.24, 2.45) is 0 Å². The normalized spacial score (nSPS) is 28.9. The van der Waals surface area contributed by atoms with Gasteiger partial charge in [-0.05, 0) is 0 Å². The number of hydrogen-bond acceptors (Lipinski definition) is 8. The lowest BCUT2D eigenvalue weighted by Gasteiger charge is -2.21. The minimum atomic E-state index is -1.72. The van der Waals surface area contributed by atoms with E-state index >= 15 is 0 Å². The molecule has 0 amide bonds. The van der Waals surface area contributed by atoms with Gasteiger partial charge in [0.1, 0.15) is 18.4 Å². The lowest BCUT2D eigenvalue weighted by Crippen LogP contribution is -2.41. The van der Waals surface area contributed by atoms with Crippen LogP contribution in [-0.4, -0.2) is 48.0 Å². The lowest BCUT2D eigenvalue weighted by atomic mass is 10.00. The molecule has 110 valence electrons. The summed E-state index contributed by atoms with van der Waals surface area (Å²) in [7, 11) is 0. The van der Waals surface area contributed by atoms with E-state index in [2.05, 4.69) is 15.0 Å². The summed E-state index contributed by atoms with van der Waals surface area (Å²) >= 11 is 0. The summed E-state index contributed by atoms with van der Waals surface area (Å²) < 4.78 is 20.0. The summed E-state index contributed by atoms with van der Waals surface area (Å²) in [5.41, 5.74) is 4.10. The van der Waals surface area contributed by atoms with Gasteiger partial charge in [-0.2, -0.15) is 19.6 Å². The molecule has 0 bridgehead atoms. The molecule has 1 unspecified atom stereocenters. The average molecular weight is 294 g/mol. The van der Waals surface area contributed by atoms with Gasteiger partial charge in [-0.15, -0.1) is 0 Å². The van der Waals surface area contributed by atoms with Gasteiger partial charge in [0.05, 0.1) is 12.9 Å². The Bertz CT molecular complexity index is 743. The number of hydrogen-bond donors (Lipinski definition) is 3. The fourth-order valence-electron chi connectivity index (χ4n) is 2.32. The van der Waals surface area contributed by atoms with Gasteiger partial charge in [-0.25, -0.2) is 4.98 Å². The number of fused-ring (bicyclic) bond motifs is 1.